The molecule has 1 fully saturated rings. The number of likely N-dealkylation sites (N-methyl/N-ethyl adjacent to an activating group) is 1. The molecule has 0 saturated carbocycles. The van der Waals surface area contributed by atoms with E-state index in [-0.39, 0.29) is 36.8 Å². The predicted octanol–water partition coefficient (Wildman–Crippen LogP) is 0.665. The third kappa shape index (κ3) is 9.46. The highest BCUT2D eigenvalue weighted by Crippen LogP contribution is 2.00. The molecule has 0 aromatic heterocycles. The minimum atomic E-state index is 0. The molecular weight excluding hydrogens is 289 g/mol. The molecule has 1 aliphatic heterocycles. The van der Waals surface area contributed by atoms with Crippen molar-refractivity contribution in [1.29, 1.82) is 0 Å². The maximum atomic E-state index is 11.6. The van der Waals surface area contributed by atoms with E-state index in [1.54, 1.807) is 0 Å². The summed E-state index contributed by atoms with van der Waals surface area (Å²) in [7, 11) is 2.06. The molecule has 0 aromatic carbocycles. The Balaban J connectivity index is 0. The van der Waals surface area contributed by atoms with Crippen LogP contribution in [-0.2, 0) is 9.53 Å². The Bertz CT molecular complexity index is 237. The Kier molecular flexibility index (Phi) is 13.1. The van der Waals surface area contributed by atoms with Gasteiger partial charge in [-0.25, -0.2) is 0 Å². The lowest BCUT2D eigenvalue weighted by Gasteiger charge is -2.24. The molecule has 0 radical (unpaired) electrons. The zero-order valence-corrected chi connectivity index (χ0v) is 13.6. The smallest absolute Gasteiger partial charge is 0.222 e. The SMILES string of the molecule is CC(C)N(C)CCNC(=O)CC1CNCCO1.Cl.Cl. The van der Waals surface area contributed by atoms with Gasteiger partial charge in [0.25, 0.3) is 0 Å². The highest BCUT2D eigenvalue weighted by Gasteiger charge is 2.16. The van der Waals surface area contributed by atoms with Crippen LogP contribution in [0.4, 0.5) is 0 Å². The molecule has 0 aliphatic carbocycles. The lowest BCUT2D eigenvalue weighted by Crippen LogP contribution is -2.42. The van der Waals surface area contributed by atoms with Gasteiger partial charge in [-0.2, -0.15) is 0 Å². The van der Waals surface area contributed by atoms with Crippen LogP contribution in [0.15, 0.2) is 0 Å². The summed E-state index contributed by atoms with van der Waals surface area (Å²) in [6.45, 7) is 8.23. The molecule has 1 aliphatic rings. The van der Waals surface area contributed by atoms with E-state index >= 15 is 0 Å². The van der Waals surface area contributed by atoms with Crippen LogP contribution in [0.1, 0.15) is 20.3 Å². The second-order valence-corrected chi connectivity index (χ2v) is 4.83. The summed E-state index contributed by atoms with van der Waals surface area (Å²) < 4.78 is 5.48. The number of nitrogens with zero attached hydrogens (tertiary/aromatic N) is 1. The number of ether oxygens (including phenoxy) is 1. The maximum Gasteiger partial charge on any atom is 0.222 e. The number of nitrogens with one attached hydrogen (secondary N) is 2. The van der Waals surface area contributed by atoms with Crippen LogP contribution in [0.3, 0.4) is 0 Å². The van der Waals surface area contributed by atoms with E-state index < -0.39 is 0 Å². The van der Waals surface area contributed by atoms with Crippen molar-refractivity contribution in [2.45, 2.75) is 32.4 Å². The second kappa shape index (κ2) is 11.7. The van der Waals surface area contributed by atoms with Gasteiger partial charge >= 0.3 is 0 Å². The number of morpholine rings is 1. The van der Waals surface area contributed by atoms with E-state index in [0.717, 1.165) is 19.6 Å². The Morgan fingerprint density at radius 3 is 2.68 bits per heavy atom. The molecule has 19 heavy (non-hydrogen) atoms. The van der Waals surface area contributed by atoms with E-state index in [1.807, 2.05) is 0 Å². The summed E-state index contributed by atoms with van der Waals surface area (Å²) in [4.78, 5) is 13.8. The van der Waals surface area contributed by atoms with Gasteiger partial charge in [-0.05, 0) is 20.9 Å². The number of amides is 1. The molecule has 0 spiro atoms. The molecule has 1 atom stereocenters. The summed E-state index contributed by atoms with van der Waals surface area (Å²) in [5, 5.41) is 6.14. The summed E-state index contributed by atoms with van der Waals surface area (Å²) in [5.74, 6) is 0.0795. The number of hydrogen-bond acceptors (Lipinski definition) is 4. The highest BCUT2D eigenvalue weighted by atomic mass is 35.5. The Hall–Kier alpha value is -0.0700. The van der Waals surface area contributed by atoms with Crippen LogP contribution >= 0.6 is 24.8 Å². The lowest BCUT2D eigenvalue weighted by molar-refractivity contribution is -0.124. The predicted molar refractivity (Wildman–Crippen MR) is 82.5 cm³/mol. The molecule has 2 N–H and O–H groups in total. The molecule has 1 rings (SSSR count). The van der Waals surface area contributed by atoms with Gasteiger partial charge < -0.3 is 20.3 Å². The lowest BCUT2D eigenvalue weighted by atomic mass is 10.2. The molecule has 1 saturated heterocycles. The minimum Gasteiger partial charge on any atom is -0.375 e. The van der Waals surface area contributed by atoms with Gasteiger partial charge in [0.15, 0.2) is 0 Å². The monoisotopic (exact) mass is 315 g/mol. The zero-order valence-electron chi connectivity index (χ0n) is 12.0. The van der Waals surface area contributed by atoms with Crippen LogP contribution in [0.2, 0.25) is 0 Å². The van der Waals surface area contributed by atoms with Gasteiger partial charge in [0.1, 0.15) is 0 Å². The van der Waals surface area contributed by atoms with Crippen molar-refractivity contribution < 1.29 is 9.53 Å². The fourth-order valence-corrected chi connectivity index (χ4v) is 1.66. The first kappa shape index (κ1) is 21.2. The van der Waals surface area contributed by atoms with E-state index in [4.69, 9.17) is 4.74 Å². The van der Waals surface area contributed by atoms with Crippen LogP contribution in [0, 0.1) is 0 Å². The third-order valence-corrected chi connectivity index (χ3v) is 3.09. The van der Waals surface area contributed by atoms with Gasteiger partial charge in [-0.3, -0.25) is 4.79 Å². The Morgan fingerprint density at radius 2 is 2.16 bits per heavy atom. The standard InChI is InChI=1S/C12H25N3O2.2ClH/c1-10(2)15(3)6-4-14-12(16)8-11-9-13-5-7-17-11;;/h10-11,13H,4-9H2,1-3H3,(H,14,16);2*1H. The molecule has 1 amide bonds. The van der Waals surface area contributed by atoms with Gasteiger partial charge in [0.05, 0.1) is 19.1 Å². The first-order valence-corrected chi connectivity index (χ1v) is 6.39. The van der Waals surface area contributed by atoms with Crippen LogP contribution in [0.25, 0.3) is 0 Å². The summed E-state index contributed by atoms with van der Waals surface area (Å²) >= 11 is 0. The van der Waals surface area contributed by atoms with Gasteiger partial charge in [0, 0.05) is 32.2 Å². The van der Waals surface area contributed by atoms with Crippen molar-refractivity contribution in [1.82, 2.24) is 15.5 Å². The largest absolute Gasteiger partial charge is 0.375 e. The molecule has 0 aromatic rings. The molecule has 5 nitrogen and oxygen atoms in total. The highest BCUT2D eigenvalue weighted by molar-refractivity contribution is 5.85. The van der Waals surface area contributed by atoms with E-state index in [9.17, 15) is 4.79 Å². The zero-order chi connectivity index (χ0) is 12.7. The second-order valence-electron chi connectivity index (χ2n) is 4.83. The average Bonchev–Trinajstić information content (AvgIpc) is 2.30. The topological polar surface area (TPSA) is 53.6 Å². The molecule has 7 heteroatoms. The first-order valence-electron chi connectivity index (χ1n) is 6.39. The average molecular weight is 316 g/mol. The minimum absolute atomic E-state index is 0. The van der Waals surface area contributed by atoms with Crippen LogP contribution < -0.4 is 10.6 Å². The molecule has 116 valence electrons. The summed E-state index contributed by atoms with van der Waals surface area (Å²) in [5.41, 5.74) is 0. The summed E-state index contributed by atoms with van der Waals surface area (Å²) in [6, 6.07) is 0.512. The quantitative estimate of drug-likeness (QED) is 0.756. The van der Waals surface area contributed by atoms with Crippen molar-refractivity contribution in [2.24, 2.45) is 0 Å². The first-order chi connectivity index (χ1) is 8.09. The number of hydrogen-bond donors (Lipinski definition) is 2. The van der Waals surface area contributed by atoms with Gasteiger partial charge in [-0.15, -0.1) is 24.8 Å². The van der Waals surface area contributed by atoms with Crippen molar-refractivity contribution >= 4 is 30.7 Å². The van der Waals surface area contributed by atoms with Crippen molar-refractivity contribution in [2.75, 3.05) is 39.8 Å². The van der Waals surface area contributed by atoms with E-state index in [0.29, 0.717) is 25.6 Å². The fraction of sp³-hybridized carbons (Fsp3) is 0.917. The fourth-order valence-electron chi connectivity index (χ4n) is 1.66. The van der Waals surface area contributed by atoms with Crippen molar-refractivity contribution in [3.05, 3.63) is 0 Å². The van der Waals surface area contributed by atoms with Gasteiger partial charge in [-0.1, -0.05) is 0 Å². The van der Waals surface area contributed by atoms with Crippen LogP contribution in [0.5, 0.6) is 0 Å². The number of rotatable bonds is 6. The number of halogens is 2. The third-order valence-electron chi connectivity index (χ3n) is 3.09. The van der Waals surface area contributed by atoms with Crippen molar-refractivity contribution in [3.8, 4) is 0 Å². The molecule has 1 heterocycles. The molecule has 1 unspecified atom stereocenters. The van der Waals surface area contributed by atoms with Crippen LogP contribution in [-0.4, -0.2) is 62.8 Å². The van der Waals surface area contributed by atoms with E-state index in [2.05, 4.69) is 36.4 Å². The van der Waals surface area contributed by atoms with E-state index in [1.165, 1.54) is 0 Å². The number of carbonyl (C=O) groups excluding carboxylic acids is 1. The maximum absolute atomic E-state index is 11.6. The molecular formula is C12H27Cl2N3O2. The Labute approximate surface area is 128 Å². The molecule has 0 bridgehead atoms. The normalized spacial score (nSPS) is 18.7. The summed E-state index contributed by atoms with van der Waals surface area (Å²) in [6.07, 6.45) is 0.491. The van der Waals surface area contributed by atoms with Gasteiger partial charge in [0.2, 0.25) is 5.91 Å². The Morgan fingerprint density at radius 1 is 1.47 bits per heavy atom. The number of carbonyl (C=O) groups is 1. The van der Waals surface area contributed by atoms with Crippen molar-refractivity contribution in [3.63, 3.8) is 0 Å².